The molecule has 0 spiro atoms. The van der Waals surface area contributed by atoms with Gasteiger partial charge in [0.15, 0.2) is 0 Å². The van der Waals surface area contributed by atoms with Gasteiger partial charge in [-0.3, -0.25) is 14.4 Å². The summed E-state index contributed by atoms with van der Waals surface area (Å²) >= 11 is 0. The fourth-order valence-corrected chi connectivity index (χ4v) is 5.06. The van der Waals surface area contributed by atoms with Crippen molar-refractivity contribution in [3.05, 3.63) is 53.1 Å². The average molecular weight is 492 g/mol. The first-order chi connectivity index (χ1) is 17.4. The Labute approximate surface area is 209 Å². The van der Waals surface area contributed by atoms with Gasteiger partial charge in [0.2, 0.25) is 11.8 Å². The van der Waals surface area contributed by atoms with Gasteiger partial charge in [-0.15, -0.1) is 0 Å². The summed E-state index contributed by atoms with van der Waals surface area (Å²) in [5, 5.41) is 8.41. The van der Waals surface area contributed by atoms with Crippen LogP contribution in [0.1, 0.15) is 34.3 Å². The van der Waals surface area contributed by atoms with Crippen molar-refractivity contribution in [1.29, 1.82) is 0 Å². The molecule has 3 aliphatic heterocycles. The first kappa shape index (κ1) is 23.7. The molecule has 3 aliphatic rings. The average Bonchev–Trinajstić information content (AvgIpc) is 3.18. The number of urea groups is 1. The number of hydrogen-bond acceptors (Lipinski definition) is 5. The lowest BCUT2D eigenvalue weighted by atomic mass is 10.0. The summed E-state index contributed by atoms with van der Waals surface area (Å²) in [5.41, 5.74) is 3.74. The number of rotatable bonds is 5. The third-order valence-corrected chi connectivity index (χ3v) is 7.09. The van der Waals surface area contributed by atoms with Gasteiger partial charge in [0.05, 0.1) is 20.1 Å². The molecule has 0 bridgehead atoms. The number of benzene rings is 2. The lowest BCUT2D eigenvalue weighted by Gasteiger charge is -2.38. The number of anilines is 2. The summed E-state index contributed by atoms with van der Waals surface area (Å²) in [7, 11) is 1.62. The van der Waals surface area contributed by atoms with E-state index in [1.54, 1.807) is 30.2 Å². The second-order valence-electron chi connectivity index (χ2n) is 9.29. The summed E-state index contributed by atoms with van der Waals surface area (Å²) in [6.45, 7) is 1.54. The van der Waals surface area contributed by atoms with E-state index in [0.717, 1.165) is 29.0 Å². The van der Waals surface area contributed by atoms with Crippen LogP contribution >= 0.6 is 0 Å². The van der Waals surface area contributed by atoms with Crippen molar-refractivity contribution in [2.75, 3.05) is 43.9 Å². The standard InChI is InChI=1S/C26H29N5O5/c1-36-20-4-5-21-17(12-20)6-11-31(26(35)29-21)19-7-9-30(10-8-19)24(33)15-27-25(34)18-3-2-16-14-23(32)28-22(16)13-18/h2-5,12-13,19H,6-11,14-15H2,1H3,(H,27,34)(H,28,32)(H,29,35). The highest BCUT2D eigenvalue weighted by atomic mass is 16.5. The molecule has 0 saturated carbocycles. The van der Waals surface area contributed by atoms with Gasteiger partial charge >= 0.3 is 6.03 Å². The van der Waals surface area contributed by atoms with Crippen LogP contribution in [0.15, 0.2) is 36.4 Å². The molecule has 0 aromatic heterocycles. The minimum atomic E-state index is -0.361. The molecule has 10 nitrogen and oxygen atoms in total. The number of methoxy groups -OCH3 is 1. The zero-order valence-electron chi connectivity index (χ0n) is 20.1. The number of fused-ring (bicyclic) bond motifs is 2. The van der Waals surface area contributed by atoms with Crippen LogP contribution in [0, 0.1) is 0 Å². The molecule has 2 aromatic rings. The van der Waals surface area contributed by atoms with Crippen LogP contribution in [-0.2, 0) is 22.4 Å². The monoisotopic (exact) mass is 491 g/mol. The predicted molar refractivity (Wildman–Crippen MR) is 133 cm³/mol. The van der Waals surface area contributed by atoms with E-state index in [4.69, 9.17) is 4.74 Å². The minimum absolute atomic E-state index is 0.0430. The van der Waals surface area contributed by atoms with E-state index in [1.807, 2.05) is 23.1 Å². The number of nitrogens with one attached hydrogen (secondary N) is 3. The molecule has 1 fully saturated rings. The van der Waals surface area contributed by atoms with Crippen molar-refractivity contribution < 1.29 is 23.9 Å². The SMILES string of the molecule is COc1ccc2c(c1)CCN(C1CCN(C(=O)CNC(=O)c3ccc4c(c3)NC(=O)C4)CC1)C(=O)N2. The maximum Gasteiger partial charge on any atom is 0.322 e. The molecule has 10 heteroatoms. The van der Waals surface area contributed by atoms with Crippen LogP contribution in [0.5, 0.6) is 5.75 Å². The Hall–Kier alpha value is -4.08. The predicted octanol–water partition coefficient (Wildman–Crippen LogP) is 2.00. The van der Waals surface area contributed by atoms with Gasteiger partial charge < -0.3 is 30.5 Å². The normalized spacial score (nSPS) is 17.5. The summed E-state index contributed by atoms with van der Waals surface area (Å²) < 4.78 is 5.30. The van der Waals surface area contributed by atoms with Crippen molar-refractivity contribution in [3.8, 4) is 5.75 Å². The van der Waals surface area contributed by atoms with Crippen molar-refractivity contribution in [2.45, 2.75) is 31.7 Å². The van der Waals surface area contributed by atoms with E-state index >= 15 is 0 Å². The van der Waals surface area contributed by atoms with Crippen LogP contribution in [0.3, 0.4) is 0 Å². The Morgan fingerprint density at radius 2 is 1.81 bits per heavy atom. The lowest BCUT2D eigenvalue weighted by Crippen LogP contribution is -2.51. The van der Waals surface area contributed by atoms with E-state index < -0.39 is 0 Å². The largest absolute Gasteiger partial charge is 0.497 e. The second kappa shape index (κ2) is 9.88. The van der Waals surface area contributed by atoms with Gasteiger partial charge in [-0.1, -0.05) is 6.07 Å². The fourth-order valence-electron chi connectivity index (χ4n) is 5.06. The van der Waals surface area contributed by atoms with Gasteiger partial charge in [-0.25, -0.2) is 4.79 Å². The van der Waals surface area contributed by atoms with Crippen LogP contribution in [0.2, 0.25) is 0 Å². The van der Waals surface area contributed by atoms with Crippen LogP contribution in [0.4, 0.5) is 16.2 Å². The van der Waals surface area contributed by atoms with Crippen molar-refractivity contribution in [1.82, 2.24) is 15.1 Å². The van der Waals surface area contributed by atoms with Gasteiger partial charge in [-0.2, -0.15) is 0 Å². The first-order valence-electron chi connectivity index (χ1n) is 12.1. The number of carbonyl (C=O) groups is 4. The molecule has 0 atom stereocenters. The fraction of sp³-hybridized carbons (Fsp3) is 0.385. The maximum absolute atomic E-state index is 12.9. The van der Waals surface area contributed by atoms with Crippen molar-refractivity contribution >= 4 is 35.1 Å². The van der Waals surface area contributed by atoms with Gasteiger partial charge in [0.1, 0.15) is 5.75 Å². The van der Waals surface area contributed by atoms with Crippen LogP contribution in [-0.4, -0.2) is 72.9 Å². The topological polar surface area (TPSA) is 120 Å². The highest BCUT2D eigenvalue weighted by Gasteiger charge is 2.31. The summed E-state index contributed by atoms with van der Waals surface area (Å²) in [4.78, 5) is 53.2. The summed E-state index contributed by atoms with van der Waals surface area (Å²) in [6.07, 6.45) is 2.39. The van der Waals surface area contributed by atoms with Crippen LogP contribution in [0.25, 0.3) is 0 Å². The minimum Gasteiger partial charge on any atom is -0.497 e. The Morgan fingerprint density at radius 1 is 1.00 bits per heavy atom. The zero-order chi connectivity index (χ0) is 25.2. The molecular weight excluding hydrogens is 462 g/mol. The first-order valence-corrected chi connectivity index (χ1v) is 12.1. The molecule has 36 heavy (non-hydrogen) atoms. The van der Waals surface area contributed by atoms with Crippen molar-refractivity contribution in [3.63, 3.8) is 0 Å². The molecule has 3 heterocycles. The van der Waals surface area contributed by atoms with Crippen molar-refractivity contribution in [2.24, 2.45) is 0 Å². The van der Waals surface area contributed by atoms with E-state index in [0.29, 0.717) is 50.1 Å². The molecule has 5 amide bonds. The second-order valence-corrected chi connectivity index (χ2v) is 9.29. The number of nitrogens with zero attached hydrogens (tertiary/aromatic N) is 2. The molecular formula is C26H29N5O5. The van der Waals surface area contributed by atoms with Gasteiger partial charge in [-0.05, 0) is 60.7 Å². The Bertz CT molecular complexity index is 1220. The number of amides is 5. The third-order valence-electron chi connectivity index (χ3n) is 7.09. The number of carbonyl (C=O) groups excluding carboxylic acids is 4. The lowest BCUT2D eigenvalue weighted by molar-refractivity contribution is -0.131. The smallest absolute Gasteiger partial charge is 0.322 e. The molecule has 1 saturated heterocycles. The molecule has 2 aromatic carbocycles. The van der Waals surface area contributed by atoms with Crippen LogP contribution < -0.4 is 20.7 Å². The molecule has 3 N–H and O–H groups in total. The molecule has 0 radical (unpaired) electrons. The molecule has 0 unspecified atom stereocenters. The maximum atomic E-state index is 12.9. The molecule has 188 valence electrons. The van der Waals surface area contributed by atoms with Gasteiger partial charge in [0, 0.05) is 42.6 Å². The molecule has 5 rings (SSSR count). The zero-order valence-corrected chi connectivity index (χ0v) is 20.1. The Kier molecular flexibility index (Phi) is 6.49. The third kappa shape index (κ3) is 4.84. The van der Waals surface area contributed by atoms with E-state index in [9.17, 15) is 19.2 Å². The summed E-state index contributed by atoms with van der Waals surface area (Å²) in [5.74, 6) is 0.151. The van der Waals surface area contributed by atoms with E-state index in [-0.39, 0.29) is 36.3 Å². The summed E-state index contributed by atoms with van der Waals surface area (Å²) in [6, 6.07) is 10.6. The number of hydrogen-bond donors (Lipinski definition) is 3. The highest BCUT2D eigenvalue weighted by Crippen LogP contribution is 2.28. The Morgan fingerprint density at radius 3 is 2.58 bits per heavy atom. The molecule has 0 aliphatic carbocycles. The van der Waals surface area contributed by atoms with E-state index in [2.05, 4.69) is 16.0 Å². The highest BCUT2D eigenvalue weighted by molar-refractivity contribution is 6.02. The number of likely N-dealkylation sites (tertiary alicyclic amines) is 1. The van der Waals surface area contributed by atoms with E-state index in [1.165, 1.54) is 0 Å². The van der Waals surface area contributed by atoms with Gasteiger partial charge in [0.25, 0.3) is 5.91 Å². The Balaban J connectivity index is 1.11. The number of ether oxygens (including phenoxy) is 1. The number of piperidine rings is 1. The quantitative estimate of drug-likeness (QED) is 0.591.